The molecular formula is C11H16F3N3O2. The second-order valence-electron chi connectivity index (χ2n) is 4.63. The van der Waals surface area contributed by atoms with Crippen LogP contribution in [0.4, 0.5) is 13.2 Å². The smallest absolute Gasteiger partial charge is 0.362 e. The van der Waals surface area contributed by atoms with Gasteiger partial charge in [0.25, 0.3) is 5.89 Å². The molecule has 1 N–H and O–H groups in total. The molecule has 1 aliphatic rings. The van der Waals surface area contributed by atoms with Gasteiger partial charge in [-0.15, -0.1) is 0 Å². The van der Waals surface area contributed by atoms with Gasteiger partial charge in [-0.2, -0.15) is 18.2 Å². The highest BCUT2D eigenvalue weighted by Crippen LogP contribution is 2.16. The van der Waals surface area contributed by atoms with Crippen molar-refractivity contribution in [1.29, 1.82) is 0 Å². The van der Waals surface area contributed by atoms with Gasteiger partial charge in [0.05, 0.1) is 0 Å². The monoisotopic (exact) mass is 279 g/mol. The molecule has 0 bridgehead atoms. The minimum atomic E-state index is -4.34. The number of ether oxygens (including phenoxy) is 1. The van der Waals surface area contributed by atoms with Gasteiger partial charge in [0, 0.05) is 6.42 Å². The van der Waals surface area contributed by atoms with Gasteiger partial charge < -0.3 is 14.6 Å². The van der Waals surface area contributed by atoms with Crippen LogP contribution in [-0.4, -0.2) is 36.0 Å². The molecule has 1 aromatic heterocycles. The van der Waals surface area contributed by atoms with E-state index in [1.54, 1.807) is 0 Å². The Kier molecular flexibility index (Phi) is 4.76. The van der Waals surface area contributed by atoms with E-state index in [1.165, 1.54) is 0 Å². The number of nitrogens with zero attached hydrogens (tertiary/aromatic N) is 2. The maximum atomic E-state index is 11.9. The Morgan fingerprint density at radius 2 is 2.26 bits per heavy atom. The van der Waals surface area contributed by atoms with E-state index in [4.69, 9.17) is 4.52 Å². The Morgan fingerprint density at radius 1 is 1.42 bits per heavy atom. The van der Waals surface area contributed by atoms with Crippen LogP contribution in [-0.2, 0) is 17.8 Å². The molecule has 1 fully saturated rings. The minimum absolute atomic E-state index is 0.0861. The second kappa shape index (κ2) is 6.33. The third kappa shape index (κ3) is 5.15. The largest absolute Gasteiger partial charge is 0.411 e. The number of rotatable bonds is 5. The Bertz CT molecular complexity index is 389. The van der Waals surface area contributed by atoms with Crippen LogP contribution >= 0.6 is 0 Å². The predicted molar refractivity (Wildman–Crippen MR) is 59.3 cm³/mol. The fourth-order valence-corrected chi connectivity index (χ4v) is 2.04. The van der Waals surface area contributed by atoms with Crippen molar-refractivity contribution in [2.24, 2.45) is 5.92 Å². The number of hydrogen-bond donors (Lipinski definition) is 1. The lowest BCUT2D eigenvalue weighted by Crippen LogP contribution is -2.31. The zero-order valence-corrected chi connectivity index (χ0v) is 10.4. The predicted octanol–water partition coefficient (Wildman–Crippen LogP) is 1.69. The van der Waals surface area contributed by atoms with Crippen LogP contribution in [0.5, 0.6) is 0 Å². The zero-order chi connectivity index (χ0) is 13.7. The van der Waals surface area contributed by atoms with Crippen molar-refractivity contribution < 1.29 is 22.4 Å². The van der Waals surface area contributed by atoms with Crippen molar-refractivity contribution in [3.05, 3.63) is 11.7 Å². The number of aromatic nitrogens is 2. The molecule has 1 unspecified atom stereocenters. The van der Waals surface area contributed by atoms with Crippen LogP contribution in [0.3, 0.4) is 0 Å². The van der Waals surface area contributed by atoms with Crippen LogP contribution in [0.2, 0.25) is 0 Å². The average molecular weight is 279 g/mol. The lowest BCUT2D eigenvalue weighted by Gasteiger charge is -2.20. The van der Waals surface area contributed by atoms with Crippen molar-refractivity contribution in [1.82, 2.24) is 15.5 Å². The van der Waals surface area contributed by atoms with Gasteiger partial charge in [0.1, 0.15) is 13.2 Å². The summed E-state index contributed by atoms with van der Waals surface area (Å²) in [5, 5.41) is 7.03. The van der Waals surface area contributed by atoms with Gasteiger partial charge in [-0.25, -0.2) is 0 Å². The van der Waals surface area contributed by atoms with Crippen molar-refractivity contribution >= 4 is 0 Å². The van der Waals surface area contributed by atoms with Crippen molar-refractivity contribution in [3.63, 3.8) is 0 Å². The molecule has 8 heteroatoms. The number of alkyl halides is 3. The highest BCUT2D eigenvalue weighted by atomic mass is 19.4. The first-order chi connectivity index (χ1) is 9.03. The molecular weight excluding hydrogens is 263 g/mol. The third-order valence-electron chi connectivity index (χ3n) is 2.87. The SMILES string of the molecule is FC(F)(F)COCc1nc(CC2CCCNC2)no1. The number of hydrogen-bond acceptors (Lipinski definition) is 5. The van der Waals surface area contributed by atoms with Crippen LogP contribution < -0.4 is 5.32 Å². The van der Waals surface area contributed by atoms with E-state index in [2.05, 4.69) is 20.2 Å². The topological polar surface area (TPSA) is 60.2 Å². The number of halogens is 3. The molecule has 0 radical (unpaired) electrons. The maximum Gasteiger partial charge on any atom is 0.411 e. The maximum absolute atomic E-state index is 11.9. The highest BCUT2D eigenvalue weighted by molar-refractivity contribution is 4.89. The standard InChI is InChI=1S/C11H16F3N3O2/c12-11(13,14)7-18-6-10-16-9(17-19-10)4-8-2-1-3-15-5-8/h8,15H,1-7H2. The van der Waals surface area contributed by atoms with Crippen molar-refractivity contribution in [2.45, 2.75) is 32.0 Å². The van der Waals surface area contributed by atoms with Crippen LogP contribution in [0.1, 0.15) is 24.6 Å². The quantitative estimate of drug-likeness (QED) is 0.888. The molecule has 0 aromatic carbocycles. The summed E-state index contributed by atoms with van der Waals surface area (Å²) in [6.45, 7) is 0.320. The molecule has 0 spiro atoms. The first-order valence-corrected chi connectivity index (χ1v) is 6.19. The molecule has 1 saturated heterocycles. The highest BCUT2D eigenvalue weighted by Gasteiger charge is 2.27. The third-order valence-corrected chi connectivity index (χ3v) is 2.87. The number of nitrogens with one attached hydrogen (secondary N) is 1. The molecule has 0 aliphatic carbocycles. The molecule has 0 amide bonds. The van der Waals surface area contributed by atoms with Crippen molar-refractivity contribution in [3.8, 4) is 0 Å². The molecule has 1 aliphatic heterocycles. The second-order valence-corrected chi connectivity index (χ2v) is 4.63. The van der Waals surface area contributed by atoms with Gasteiger partial charge in [-0.1, -0.05) is 5.16 Å². The summed E-state index contributed by atoms with van der Waals surface area (Å²) >= 11 is 0. The lowest BCUT2D eigenvalue weighted by molar-refractivity contribution is -0.178. The van der Waals surface area contributed by atoms with E-state index >= 15 is 0 Å². The van der Waals surface area contributed by atoms with Crippen LogP contribution in [0.15, 0.2) is 4.52 Å². The van der Waals surface area contributed by atoms with Gasteiger partial charge in [0.15, 0.2) is 5.82 Å². The molecule has 0 saturated carbocycles. The van der Waals surface area contributed by atoms with E-state index in [0.717, 1.165) is 25.9 Å². The number of piperidine rings is 1. The van der Waals surface area contributed by atoms with Crippen LogP contribution in [0, 0.1) is 5.92 Å². The lowest BCUT2D eigenvalue weighted by atomic mass is 9.96. The van der Waals surface area contributed by atoms with Gasteiger partial charge in [-0.05, 0) is 31.8 Å². The zero-order valence-electron chi connectivity index (χ0n) is 10.4. The van der Waals surface area contributed by atoms with E-state index in [9.17, 15) is 13.2 Å². The van der Waals surface area contributed by atoms with E-state index in [0.29, 0.717) is 18.2 Å². The summed E-state index contributed by atoms with van der Waals surface area (Å²) in [6.07, 6.45) is -1.45. The average Bonchev–Trinajstić information content (AvgIpc) is 2.76. The molecule has 5 nitrogen and oxygen atoms in total. The van der Waals surface area contributed by atoms with Gasteiger partial charge in [0.2, 0.25) is 0 Å². The fraction of sp³-hybridized carbons (Fsp3) is 0.818. The van der Waals surface area contributed by atoms with Crippen LogP contribution in [0.25, 0.3) is 0 Å². The fourth-order valence-electron chi connectivity index (χ4n) is 2.04. The van der Waals surface area contributed by atoms with E-state index in [1.807, 2.05) is 0 Å². The summed E-state index contributed by atoms with van der Waals surface area (Å²) in [4.78, 5) is 4.03. The van der Waals surface area contributed by atoms with Crippen molar-refractivity contribution in [2.75, 3.05) is 19.7 Å². The first kappa shape index (κ1) is 14.3. The normalized spacial score (nSPS) is 20.7. The summed E-state index contributed by atoms with van der Waals surface area (Å²) in [7, 11) is 0. The Balaban J connectivity index is 1.75. The Labute approximate surface area is 108 Å². The molecule has 108 valence electrons. The Hall–Kier alpha value is -1.15. The van der Waals surface area contributed by atoms with E-state index < -0.39 is 12.8 Å². The minimum Gasteiger partial charge on any atom is -0.362 e. The van der Waals surface area contributed by atoms with Gasteiger partial charge >= 0.3 is 6.18 Å². The summed E-state index contributed by atoms with van der Waals surface area (Å²) in [5.41, 5.74) is 0. The molecule has 1 aromatic rings. The molecule has 19 heavy (non-hydrogen) atoms. The summed E-state index contributed by atoms with van der Waals surface area (Å²) < 4.78 is 44.9. The van der Waals surface area contributed by atoms with Gasteiger partial charge in [-0.3, -0.25) is 0 Å². The Morgan fingerprint density at radius 3 is 2.95 bits per heavy atom. The molecule has 1 atom stereocenters. The molecule has 2 rings (SSSR count). The summed E-state index contributed by atoms with van der Waals surface area (Å²) in [5.74, 6) is 1.07. The van der Waals surface area contributed by atoms with E-state index in [-0.39, 0.29) is 12.5 Å². The molecule has 2 heterocycles. The summed E-state index contributed by atoms with van der Waals surface area (Å²) in [6, 6.07) is 0. The first-order valence-electron chi connectivity index (χ1n) is 6.19.